The summed E-state index contributed by atoms with van der Waals surface area (Å²) in [6, 6.07) is 2.24. The van der Waals surface area contributed by atoms with E-state index in [2.05, 4.69) is 10.4 Å². The van der Waals surface area contributed by atoms with Gasteiger partial charge in [0.05, 0.1) is 12.8 Å². The van der Waals surface area contributed by atoms with Crippen LogP contribution in [0.2, 0.25) is 0 Å². The number of aliphatic hydroxyl groups is 1. The summed E-state index contributed by atoms with van der Waals surface area (Å²) in [5.41, 5.74) is 0.225. The Morgan fingerprint density at radius 1 is 1.40 bits per heavy atom. The minimum atomic E-state index is -1.35. The molecule has 2 aromatic heterocycles. The molecule has 2 heterocycles. The van der Waals surface area contributed by atoms with E-state index in [9.17, 15) is 9.59 Å². The highest BCUT2D eigenvalue weighted by atomic mass is 16.4. The molecule has 0 aliphatic heterocycles. The molecule has 8 nitrogen and oxygen atoms in total. The number of rotatable bonds is 5. The Kier molecular flexibility index (Phi) is 3.85. The van der Waals surface area contributed by atoms with Gasteiger partial charge in [-0.25, -0.2) is 4.79 Å². The van der Waals surface area contributed by atoms with Crippen LogP contribution in [0.15, 0.2) is 30.7 Å². The third-order valence-corrected chi connectivity index (χ3v) is 2.79. The molecule has 0 bridgehead atoms. The number of aryl methyl sites for hydroxylation is 1. The molecule has 2 rings (SSSR count). The second kappa shape index (κ2) is 5.57. The van der Waals surface area contributed by atoms with E-state index >= 15 is 0 Å². The Bertz CT molecular complexity index is 617. The van der Waals surface area contributed by atoms with Gasteiger partial charge in [0, 0.05) is 19.4 Å². The van der Waals surface area contributed by atoms with E-state index in [0.717, 1.165) is 0 Å². The summed E-state index contributed by atoms with van der Waals surface area (Å²) in [4.78, 5) is 22.9. The van der Waals surface area contributed by atoms with Crippen LogP contribution < -0.4 is 5.32 Å². The quantitative estimate of drug-likeness (QED) is 0.675. The number of carbonyl (C=O) groups is 2. The fourth-order valence-corrected chi connectivity index (χ4v) is 1.79. The van der Waals surface area contributed by atoms with E-state index < -0.39 is 24.5 Å². The minimum Gasteiger partial charge on any atom is -0.480 e. The van der Waals surface area contributed by atoms with Crippen LogP contribution in [0.3, 0.4) is 0 Å². The molecule has 3 N–H and O–H groups in total. The van der Waals surface area contributed by atoms with Gasteiger partial charge in [0.25, 0.3) is 5.91 Å². The van der Waals surface area contributed by atoms with Crippen LogP contribution in [0.1, 0.15) is 10.4 Å². The minimum absolute atomic E-state index is 0.225. The van der Waals surface area contributed by atoms with Crippen molar-refractivity contribution >= 4 is 11.9 Å². The monoisotopic (exact) mass is 278 g/mol. The normalized spacial score (nSPS) is 12.1. The summed E-state index contributed by atoms with van der Waals surface area (Å²) in [7, 11) is 1.67. The number of carboxylic acids is 1. The van der Waals surface area contributed by atoms with Gasteiger partial charge >= 0.3 is 5.97 Å². The second-order valence-corrected chi connectivity index (χ2v) is 4.14. The Morgan fingerprint density at radius 2 is 2.05 bits per heavy atom. The van der Waals surface area contributed by atoms with Gasteiger partial charge in [-0.1, -0.05) is 0 Å². The first-order valence-corrected chi connectivity index (χ1v) is 5.84. The smallest absolute Gasteiger partial charge is 0.328 e. The number of aliphatic carboxylic acids is 1. The summed E-state index contributed by atoms with van der Waals surface area (Å²) in [6.07, 6.45) is 4.84. The third-order valence-electron chi connectivity index (χ3n) is 2.79. The summed E-state index contributed by atoms with van der Waals surface area (Å²) >= 11 is 0. The predicted octanol–water partition coefficient (Wildman–Crippen LogP) is -0.614. The molecular weight excluding hydrogens is 264 g/mol. The summed E-state index contributed by atoms with van der Waals surface area (Å²) < 4.78 is 3.19. The van der Waals surface area contributed by atoms with E-state index in [1.807, 2.05) is 0 Å². The van der Waals surface area contributed by atoms with Crippen LogP contribution in [0.4, 0.5) is 0 Å². The average Bonchev–Trinajstić information content (AvgIpc) is 3.03. The fourth-order valence-electron chi connectivity index (χ4n) is 1.79. The summed E-state index contributed by atoms with van der Waals surface area (Å²) in [5, 5.41) is 24.0. The first kappa shape index (κ1) is 13.8. The summed E-state index contributed by atoms with van der Waals surface area (Å²) in [6.45, 7) is -0.680. The van der Waals surface area contributed by atoms with E-state index in [1.54, 1.807) is 36.1 Å². The zero-order valence-corrected chi connectivity index (χ0v) is 10.7. The number of nitrogens with zero attached hydrogens (tertiary/aromatic N) is 3. The molecule has 1 atom stereocenters. The van der Waals surface area contributed by atoms with Crippen molar-refractivity contribution in [3.8, 4) is 5.82 Å². The standard InChI is InChI=1S/C12H14N4O4/c1-15-11(16-4-2-3-5-16)8(6-13-15)10(18)14-9(7-17)12(19)20/h2-6,9,17H,7H2,1H3,(H,14,18)(H,19,20)/t9-/m0/s1. The first-order valence-electron chi connectivity index (χ1n) is 5.84. The highest BCUT2D eigenvalue weighted by Crippen LogP contribution is 2.13. The maximum atomic E-state index is 12.1. The number of nitrogens with one attached hydrogen (secondary N) is 1. The number of aliphatic hydroxyl groups excluding tert-OH is 1. The Labute approximate surface area is 114 Å². The van der Waals surface area contributed by atoms with Crippen molar-refractivity contribution in [3.63, 3.8) is 0 Å². The van der Waals surface area contributed by atoms with Crippen molar-refractivity contribution in [2.75, 3.05) is 6.61 Å². The van der Waals surface area contributed by atoms with Gasteiger partial charge in [-0.15, -0.1) is 0 Å². The highest BCUT2D eigenvalue weighted by Gasteiger charge is 2.23. The van der Waals surface area contributed by atoms with Crippen molar-refractivity contribution in [1.82, 2.24) is 19.7 Å². The molecule has 0 unspecified atom stereocenters. The maximum absolute atomic E-state index is 12.1. The number of hydrogen-bond donors (Lipinski definition) is 3. The van der Waals surface area contributed by atoms with Crippen LogP contribution in [0.5, 0.6) is 0 Å². The van der Waals surface area contributed by atoms with Gasteiger partial charge in [-0.3, -0.25) is 9.48 Å². The Morgan fingerprint density at radius 3 is 2.60 bits per heavy atom. The van der Waals surface area contributed by atoms with Crippen molar-refractivity contribution in [2.45, 2.75) is 6.04 Å². The van der Waals surface area contributed by atoms with E-state index in [0.29, 0.717) is 5.82 Å². The fraction of sp³-hybridized carbons (Fsp3) is 0.250. The number of amides is 1. The van der Waals surface area contributed by atoms with E-state index in [1.165, 1.54) is 10.9 Å². The molecule has 106 valence electrons. The van der Waals surface area contributed by atoms with Gasteiger partial charge in [-0.2, -0.15) is 5.10 Å². The van der Waals surface area contributed by atoms with Crippen LogP contribution in [-0.4, -0.2) is 49.1 Å². The molecule has 0 spiro atoms. The number of carboxylic acid groups (broad SMARTS) is 1. The molecular formula is C12H14N4O4. The zero-order valence-electron chi connectivity index (χ0n) is 10.7. The second-order valence-electron chi connectivity index (χ2n) is 4.14. The molecule has 0 radical (unpaired) electrons. The van der Waals surface area contributed by atoms with Crippen molar-refractivity contribution < 1.29 is 19.8 Å². The average molecular weight is 278 g/mol. The van der Waals surface area contributed by atoms with Gasteiger partial charge in [-0.05, 0) is 12.1 Å². The lowest BCUT2D eigenvalue weighted by molar-refractivity contribution is -0.140. The molecule has 0 fully saturated rings. The molecule has 0 aromatic carbocycles. The lowest BCUT2D eigenvalue weighted by Gasteiger charge is -2.12. The van der Waals surface area contributed by atoms with Crippen molar-refractivity contribution in [1.29, 1.82) is 0 Å². The topological polar surface area (TPSA) is 109 Å². The third kappa shape index (κ3) is 2.54. The van der Waals surface area contributed by atoms with E-state index in [-0.39, 0.29) is 5.56 Å². The molecule has 0 saturated carbocycles. The molecule has 0 aliphatic carbocycles. The largest absolute Gasteiger partial charge is 0.480 e. The van der Waals surface area contributed by atoms with Gasteiger partial charge in [0.1, 0.15) is 11.4 Å². The van der Waals surface area contributed by atoms with Gasteiger partial charge in [0.2, 0.25) is 0 Å². The van der Waals surface area contributed by atoms with Gasteiger partial charge in [0.15, 0.2) is 6.04 Å². The Balaban J connectivity index is 2.30. The number of hydrogen-bond acceptors (Lipinski definition) is 4. The van der Waals surface area contributed by atoms with Crippen molar-refractivity contribution in [3.05, 3.63) is 36.3 Å². The molecule has 0 saturated heterocycles. The van der Waals surface area contributed by atoms with E-state index in [4.69, 9.17) is 10.2 Å². The van der Waals surface area contributed by atoms with Crippen LogP contribution >= 0.6 is 0 Å². The van der Waals surface area contributed by atoms with Crippen LogP contribution in [0.25, 0.3) is 5.82 Å². The molecule has 2 aromatic rings. The zero-order chi connectivity index (χ0) is 14.7. The number of carbonyl (C=O) groups excluding carboxylic acids is 1. The lowest BCUT2D eigenvalue weighted by atomic mass is 10.2. The Hall–Kier alpha value is -2.61. The molecule has 8 heteroatoms. The maximum Gasteiger partial charge on any atom is 0.328 e. The highest BCUT2D eigenvalue weighted by molar-refractivity contribution is 5.99. The summed E-state index contributed by atoms with van der Waals surface area (Å²) in [5.74, 6) is -1.40. The predicted molar refractivity (Wildman–Crippen MR) is 68.5 cm³/mol. The number of aromatic nitrogens is 3. The van der Waals surface area contributed by atoms with Crippen LogP contribution in [-0.2, 0) is 11.8 Å². The molecule has 20 heavy (non-hydrogen) atoms. The van der Waals surface area contributed by atoms with Gasteiger partial charge < -0.3 is 20.1 Å². The first-order chi connectivity index (χ1) is 9.54. The van der Waals surface area contributed by atoms with Crippen LogP contribution in [0, 0.1) is 0 Å². The van der Waals surface area contributed by atoms with Crippen molar-refractivity contribution in [2.24, 2.45) is 7.05 Å². The molecule has 0 aliphatic rings. The molecule has 1 amide bonds. The lowest BCUT2D eigenvalue weighted by Crippen LogP contribution is -2.43. The SMILES string of the molecule is Cn1ncc(C(=O)N[C@@H](CO)C(=O)O)c1-n1cccc1.